The zero-order valence-electron chi connectivity index (χ0n) is 12.9. The van der Waals surface area contributed by atoms with Crippen LogP contribution in [0.1, 0.15) is 47.3 Å². The molecule has 116 valence electrons. The van der Waals surface area contributed by atoms with Crippen molar-refractivity contribution in [3.63, 3.8) is 0 Å². The molecule has 1 aliphatic rings. The van der Waals surface area contributed by atoms with Gasteiger partial charge >= 0.3 is 0 Å². The molecule has 0 radical (unpaired) electrons. The van der Waals surface area contributed by atoms with E-state index in [1.54, 1.807) is 13.2 Å². The number of nitrogens with zero attached hydrogens (tertiary/aromatic N) is 3. The standard InChI is InChI=1S/C16H20N4O2/c1-11-17-15(19-18-11)14-8-3-4-9-20(14)16(21)12-6-5-7-13(10-12)22-2/h5-7,10,14H,3-4,8-9H2,1-2H3,(H,17,18,19). The molecule has 1 atom stereocenters. The highest BCUT2D eigenvalue weighted by Crippen LogP contribution is 2.30. The van der Waals surface area contributed by atoms with Gasteiger partial charge in [-0.05, 0) is 44.4 Å². The largest absolute Gasteiger partial charge is 0.497 e. The lowest BCUT2D eigenvalue weighted by Gasteiger charge is -2.34. The average molecular weight is 300 g/mol. The van der Waals surface area contributed by atoms with Gasteiger partial charge in [-0.2, -0.15) is 5.10 Å². The van der Waals surface area contributed by atoms with Gasteiger partial charge in [-0.1, -0.05) is 6.07 Å². The first kappa shape index (κ1) is 14.6. The van der Waals surface area contributed by atoms with Gasteiger partial charge in [-0.15, -0.1) is 0 Å². The van der Waals surface area contributed by atoms with Crippen molar-refractivity contribution in [3.05, 3.63) is 41.5 Å². The van der Waals surface area contributed by atoms with Crippen LogP contribution in [0.25, 0.3) is 0 Å². The number of benzene rings is 1. The Hall–Kier alpha value is -2.37. The predicted octanol–water partition coefficient (Wildman–Crippen LogP) is 2.49. The smallest absolute Gasteiger partial charge is 0.254 e. The number of nitrogens with one attached hydrogen (secondary N) is 1. The monoisotopic (exact) mass is 300 g/mol. The van der Waals surface area contributed by atoms with E-state index in [4.69, 9.17) is 4.74 Å². The molecule has 1 fully saturated rings. The first-order chi connectivity index (χ1) is 10.7. The van der Waals surface area contributed by atoms with Crippen LogP contribution in [0.5, 0.6) is 5.75 Å². The molecule has 1 aromatic carbocycles. The van der Waals surface area contributed by atoms with Crippen molar-refractivity contribution < 1.29 is 9.53 Å². The number of carbonyl (C=O) groups is 1. The predicted molar refractivity (Wildman–Crippen MR) is 81.7 cm³/mol. The van der Waals surface area contributed by atoms with Crippen LogP contribution < -0.4 is 4.74 Å². The van der Waals surface area contributed by atoms with E-state index in [0.29, 0.717) is 17.1 Å². The summed E-state index contributed by atoms with van der Waals surface area (Å²) < 4.78 is 5.21. The van der Waals surface area contributed by atoms with Gasteiger partial charge < -0.3 is 9.64 Å². The van der Waals surface area contributed by atoms with E-state index < -0.39 is 0 Å². The van der Waals surface area contributed by atoms with Crippen LogP contribution in [0.2, 0.25) is 0 Å². The van der Waals surface area contributed by atoms with Crippen LogP contribution in [-0.2, 0) is 0 Å². The number of rotatable bonds is 3. The van der Waals surface area contributed by atoms with Crippen molar-refractivity contribution in [1.82, 2.24) is 20.1 Å². The van der Waals surface area contributed by atoms with Crippen molar-refractivity contribution >= 4 is 5.91 Å². The number of amides is 1. The number of H-pyrrole nitrogens is 1. The lowest BCUT2D eigenvalue weighted by molar-refractivity contribution is 0.0600. The highest BCUT2D eigenvalue weighted by molar-refractivity contribution is 5.94. The molecule has 1 N–H and O–H groups in total. The third-order valence-electron chi connectivity index (χ3n) is 3.99. The van der Waals surface area contributed by atoms with Crippen LogP contribution in [0.15, 0.2) is 24.3 Å². The minimum absolute atomic E-state index is 0.00560. The Kier molecular flexibility index (Phi) is 4.09. The minimum atomic E-state index is -0.0580. The molecule has 6 nitrogen and oxygen atoms in total. The first-order valence-corrected chi connectivity index (χ1v) is 7.53. The second-order valence-corrected chi connectivity index (χ2v) is 5.52. The molecule has 2 heterocycles. The SMILES string of the molecule is COc1cccc(C(=O)N2CCCCC2c2n[nH]c(C)n2)c1. The molecule has 0 saturated carbocycles. The van der Waals surface area contributed by atoms with Crippen LogP contribution in [0.3, 0.4) is 0 Å². The highest BCUT2D eigenvalue weighted by Gasteiger charge is 2.31. The number of carbonyl (C=O) groups excluding carboxylic acids is 1. The van der Waals surface area contributed by atoms with Gasteiger partial charge in [0.15, 0.2) is 5.82 Å². The number of piperidine rings is 1. The summed E-state index contributed by atoms with van der Waals surface area (Å²) in [6.07, 6.45) is 2.99. The van der Waals surface area contributed by atoms with E-state index in [0.717, 1.165) is 31.6 Å². The summed E-state index contributed by atoms with van der Waals surface area (Å²) >= 11 is 0. The average Bonchev–Trinajstić information content (AvgIpc) is 3.00. The summed E-state index contributed by atoms with van der Waals surface area (Å²) in [5, 5.41) is 7.11. The number of aryl methyl sites for hydroxylation is 1. The van der Waals surface area contributed by atoms with Gasteiger partial charge in [0.2, 0.25) is 0 Å². The van der Waals surface area contributed by atoms with Crippen molar-refractivity contribution in [1.29, 1.82) is 0 Å². The fourth-order valence-corrected chi connectivity index (χ4v) is 2.87. The van der Waals surface area contributed by atoms with Crippen molar-refractivity contribution in [3.8, 4) is 5.75 Å². The zero-order chi connectivity index (χ0) is 15.5. The molecule has 1 amide bonds. The lowest BCUT2D eigenvalue weighted by Crippen LogP contribution is -2.39. The van der Waals surface area contributed by atoms with E-state index in [1.165, 1.54) is 0 Å². The van der Waals surface area contributed by atoms with Crippen LogP contribution in [0.4, 0.5) is 0 Å². The molecule has 2 aromatic rings. The number of hydrogen-bond acceptors (Lipinski definition) is 4. The van der Waals surface area contributed by atoms with Crippen LogP contribution in [0, 0.1) is 6.92 Å². The Balaban J connectivity index is 1.88. The molecular weight excluding hydrogens is 280 g/mol. The maximum Gasteiger partial charge on any atom is 0.254 e. The number of aromatic nitrogens is 3. The topological polar surface area (TPSA) is 71.1 Å². The fourth-order valence-electron chi connectivity index (χ4n) is 2.87. The fraction of sp³-hybridized carbons (Fsp3) is 0.438. The molecule has 1 unspecified atom stereocenters. The second kappa shape index (κ2) is 6.17. The Morgan fingerprint density at radius 1 is 1.41 bits per heavy atom. The molecule has 0 aliphatic carbocycles. The van der Waals surface area contributed by atoms with Crippen molar-refractivity contribution in [2.45, 2.75) is 32.2 Å². The molecule has 22 heavy (non-hydrogen) atoms. The Morgan fingerprint density at radius 3 is 3.00 bits per heavy atom. The second-order valence-electron chi connectivity index (χ2n) is 5.52. The molecule has 1 aromatic heterocycles. The molecular formula is C16H20N4O2. The number of aromatic amines is 1. The van der Waals surface area contributed by atoms with Gasteiger partial charge in [-0.3, -0.25) is 9.89 Å². The van der Waals surface area contributed by atoms with Crippen molar-refractivity contribution in [2.24, 2.45) is 0 Å². The number of hydrogen-bond donors (Lipinski definition) is 1. The summed E-state index contributed by atoms with van der Waals surface area (Å²) in [6.45, 7) is 2.60. The van der Waals surface area contributed by atoms with Crippen LogP contribution in [-0.4, -0.2) is 39.6 Å². The third kappa shape index (κ3) is 2.81. The Bertz CT molecular complexity index is 668. The maximum absolute atomic E-state index is 12.9. The number of likely N-dealkylation sites (tertiary alicyclic amines) is 1. The van der Waals surface area contributed by atoms with E-state index in [-0.39, 0.29) is 11.9 Å². The molecule has 1 saturated heterocycles. The lowest BCUT2D eigenvalue weighted by atomic mass is 10.00. The summed E-state index contributed by atoms with van der Waals surface area (Å²) in [7, 11) is 1.60. The molecule has 0 spiro atoms. The summed E-state index contributed by atoms with van der Waals surface area (Å²) in [6, 6.07) is 7.21. The molecule has 0 bridgehead atoms. The highest BCUT2D eigenvalue weighted by atomic mass is 16.5. The van der Waals surface area contributed by atoms with Gasteiger partial charge in [0.05, 0.1) is 13.2 Å². The van der Waals surface area contributed by atoms with Gasteiger partial charge in [0.25, 0.3) is 5.91 Å². The van der Waals surface area contributed by atoms with Gasteiger partial charge in [-0.25, -0.2) is 4.98 Å². The third-order valence-corrected chi connectivity index (χ3v) is 3.99. The van der Waals surface area contributed by atoms with Crippen LogP contribution >= 0.6 is 0 Å². The molecule has 6 heteroatoms. The number of ether oxygens (including phenoxy) is 1. The molecule has 3 rings (SSSR count). The summed E-state index contributed by atoms with van der Waals surface area (Å²) in [5.41, 5.74) is 0.638. The summed E-state index contributed by atoms with van der Waals surface area (Å²) in [5.74, 6) is 2.17. The minimum Gasteiger partial charge on any atom is -0.497 e. The maximum atomic E-state index is 12.9. The van der Waals surface area contributed by atoms with Crippen molar-refractivity contribution in [2.75, 3.05) is 13.7 Å². The normalized spacial score (nSPS) is 18.3. The first-order valence-electron chi connectivity index (χ1n) is 7.53. The zero-order valence-corrected chi connectivity index (χ0v) is 12.9. The Morgan fingerprint density at radius 2 is 2.27 bits per heavy atom. The van der Waals surface area contributed by atoms with Gasteiger partial charge in [0, 0.05) is 12.1 Å². The molecule has 1 aliphatic heterocycles. The summed E-state index contributed by atoms with van der Waals surface area (Å²) in [4.78, 5) is 19.1. The quantitative estimate of drug-likeness (QED) is 0.945. The number of methoxy groups -OCH3 is 1. The van der Waals surface area contributed by atoms with E-state index >= 15 is 0 Å². The van der Waals surface area contributed by atoms with E-state index in [9.17, 15) is 4.79 Å². The van der Waals surface area contributed by atoms with E-state index in [2.05, 4.69) is 15.2 Å². The van der Waals surface area contributed by atoms with E-state index in [1.807, 2.05) is 30.0 Å². The van der Waals surface area contributed by atoms with Gasteiger partial charge in [0.1, 0.15) is 11.6 Å². The Labute approximate surface area is 129 Å².